The molecule has 1 saturated heterocycles. The van der Waals surface area contributed by atoms with Crippen molar-refractivity contribution >= 4 is 30.0 Å². The first-order chi connectivity index (χ1) is 17.9. The molecule has 3 atom stereocenters. The third kappa shape index (κ3) is 9.92. The number of hydrogen-bond donors (Lipinski definition) is 2. The van der Waals surface area contributed by atoms with Crippen molar-refractivity contribution < 1.29 is 27.5 Å². The second-order valence-corrected chi connectivity index (χ2v) is 9.46. The van der Waals surface area contributed by atoms with Crippen LogP contribution >= 0.6 is 0 Å². The molecule has 2 heterocycles. The number of alkyl halides is 3. The topological polar surface area (TPSA) is 118 Å². The van der Waals surface area contributed by atoms with Crippen LogP contribution in [0, 0.1) is 5.92 Å². The normalized spacial score (nSPS) is 19.8. The van der Waals surface area contributed by atoms with Gasteiger partial charge in [0, 0.05) is 45.0 Å². The molecule has 0 radical (unpaired) electrons. The fraction of sp³-hybridized carbons (Fsp3) is 0.640. The molecular weight excluding hydrogens is 505 g/mol. The number of rotatable bonds is 13. The van der Waals surface area contributed by atoms with Gasteiger partial charge in [0.25, 0.3) is 0 Å². The second-order valence-electron chi connectivity index (χ2n) is 9.46. The maximum absolute atomic E-state index is 12.7. The molecule has 0 aromatic carbocycles. The molecule has 1 aromatic heterocycles. The minimum atomic E-state index is -4.87. The molecule has 0 spiro atoms. The zero-order valence-corrected chi connectivity index (χ0v) is 22.3. The van der Waals surface area contributed by atoms with Gasteiger partial charge in [0.2, 0.25) is 5.91 Å². The summed E-state index contributed by atoms with van der Waals surface area (Å²) in [5, 5.41) is 4.57. The van der Waals surface area contributed by atoms with Crippen LogP contribution in [0.15, 0.2) is 22.1 Å². The summed E-state index contributed by atoms with van der Waals surface area (Å²) in [5.41, 5.74) is -0.000566. The van der Waals surface area contributed by atoms with Gasteiger partial charge in [0.1, 0.15) is 6.23 Å². The highest BCUT2D eigenvalue weighted by Crippen LogP contribution is 2.34. The van der Waals surface area contributed by atoms with E-state index < -0.39 is 24.0 Å². The minimum Gasteiger partial charge on any atom is -0.369 e. The number of hydrogen-bond acceptors (Lipinski definition) is 6. The smallest absolute Gasteiger partial charge is 0.369 e. The maximum atomic E-state index is 12.7. The lowest BCUT2D eigenvalue weighted by molar-refractivity contribution is -0.173. The van der Waals surface area contributed by atoms with Crippen molar-refractivity contribution in [3.8, 4) is 0 Å². The van der Waals surface area contributed by atoms with Crippen molar-refractivity contribution in [3.63, 3.8) is 0 Å². The zero-order chi connectivity index (χ0) is 28.3. The third-order valence-corrected chi connectivity index (χ3v) is 5.98. The standard InChI is InChI=1S/C25H37F3N6O4/c1-5-19-17(2)14-21(38-19)34-15-18(22(32-24(34)37)31-16-33(3)4)10-11-20(35)29-12-8-6-7-9-13-30-23(36)25(26,27)28/h10-11,15-17,19,21H,5-9,12-14H2,1-4H3,(H,29,35)(H,30,36)/b11-10+,31-16?. The van der Waals surface area contributed by atoms with Crippen LogP contribution in [0.2, 0.25) is 0 Å². The van der Waals surface area contributed by atoms with Gasteiger partial charge in [-0.1, -0.05) is 26.7 Å². The highest BCUT2D eigenvalue weighted by Gasteiger charge is 2.38. The van der Waals surface area contributed by atoms with Crippen LogP contribution in [-0.4, -0.2) is 72.1 Å². The summed E-state index contributed by atoms with van der Waals surface area (Å²) >= 11 is 0. The van der Waals surface area contributed by atoms with Crippen molar-refractivity contribution in [3.05, 3.63) is 28.3 Å². The van der Waals surface area contributed by atoms with Crippen LogP contribution in [0.5, 0.6) is 0 Å². The van der Waals surface area contributed by atoms with Crippen LogP contribution < -0.4 is 16.3 Å². The summed E-state index contributed by atoms with van der Waals surface area (Å²) in [6.45, 7) is 4.45. The predicted octanol–water partition coefficient (Wildman–Crippen LogP) is 3.17. The predicted molar refractivity (Wildman–Crippen MR) is 138 cm³/mol. The molecule has 1 aliphatic rings. The number of aromatic nitrogens is 2. The van der Waals surface area contributed by atoms with E-state index >= 15 is 0 Å². The summed E-state index contributed by atoms with van der Waals surface area (Å²) in [6.07, 6.45) is 4.61. The second kappa shape index (κ2) is 14.6. The average molecular weight is 543 g/mol. The Hall–Kier alpha value is -3.22. The molecular formula is C25H37F3N6O4. The number of unbranched alkanes of at least 4 members (excludes halogenated alkanes) is 3. The molecule has 1 aliphatic heterocycles. The lowest BCUT2D eigenvalue weighted by Gasteiger charge is -2.16. The third-order valence-electron chi connectivity index (χ3n) is 5.98. The highest BCUT2D eigenvalue weighted by molar-refractivity contribution is 5.92. The fourth-order valence-electron chi connectivity index (χ4n) is 3.95. The summed E-state index contributed by atoms with van der Waals surface area (Å²) < 4.78 is 43.8. The number of nitrogens with zero attached hydrogens (tertiary/aromatic N) is 4. The summed E-state index contributed by atoms with van der Waals surface area (Å²) in [6, 6.07) is 0. The minimum absolute atomic E-state index is 0.0494. The van der Waals surface area contributed by atoms with Crippen LogP contribution in [0.3, 0.4) is 0 Å². The first-order valence-corrected chi connectivity index (χ1v) is 12.7. The van der Waals surface area contributed by atoms with E-state index in [9.17, 15) is 27.6 Å². The Morgan fingerprint density at radius 2 is 1.87 bits per heavy atom. The van der Waals surface area contributed by atoms with Crippen LogP contribution in [0.4, 0.5) is 19.0 Å². The van der Waals surface area contributed by atoms with E-state index in [1.165, 1.54) is 17.0 Å². The van der Waals surface area contributed by atoms with Gasteiger partial charge in [-0.15, -0.1) is 0 Å². The molecule has 212 valence electrons. The van der Waals surface area contributed by atoms with E-state index in [0.29, 0.717) is 50.1 Å². The molecule has 0 bridgehead atoms. The number of carbonyl (C=O) groups excluding carboxylic acids is 2. The number of ether oxygens (including phenoxy) is 1. The zero-order valence-electron chi connectivity index (χ0n) is 22.3. The number of aliphatic imine (C=N–C) groups is 1. The summed E-state index contributed by atoms with van der Waals surface area (Å²) in [5.74, 6) is -1.81. The molecule has 0 aliphatic carbocycles. The van der Waals surface area contributed by atoms with E-state index in [4.69, 9.17) is 4.74 Å². The molecule has 10 nitrogen and oxygen atoms in total. The van der Waals surface area contributed by atoms with Gasteiger partial charge in [-0.05, 0) is 37.7 Å². The summed E-state index contributed by atoms with van der Waals surface area (Å²) in [4.78, 5) is 45.8. The van der Waals surface area contributed by atoms with Crippen molar-refractivity contribution in [2.24, 2.45) is 10.9 Å². The van der Waals surface area contributed by atoms with Gasteiger partial charge in [0.15, 0.2) is 5.82 Å². The quantitative estimate of drug-likeness (QED) is 0.171. The molecule has 2 rings (SSSR count). The fourth-order valence-corrected chi connectivity index (χ4v) is 3.95. The van der Waals surface area contributed by atoms with Gasteiger partial charge in [-0.2, -0.15) is 18.2 Å². The monoisotopic (exact) mass is 542 g/mol. The number of carbonyl (C=O) groups is 2. The Balaban J connectivity index is 1.93. The largest absolute Gasteiger partial charge is 0.471 e. The van der Waals surface area contributed by atoms with Gasteiger partial charge in [-0.3, -0.25) is 14.2 Å². The van der Waals surface area contributed by atoms with Gasteiger partial charge < -0.3 is 20.3 Å². The van der Waals surface area contributed by atoms with Crippen LogP contribution in [0.1, 0.15) is 64.2 Å². The Labute approximate surface area is 220 Å². The van der Waals surface area contributed by atoms with Gasteiger partial charge >= 0.3 is 17.8 Å². The Bertz CT molecular complexity index is 1050. The van der Waals surface area contributed by atoms with Gasteiger partial charge in [0.05, 0.1) is 12.4 Å². The van der Waals surface area contributed by atoms with E-state index in [1.54, 1.807) is 31.3 Å². The van der Waals surface area contributed by atoms with E-state index in [2.05, 4.69) is 22.2 Å². The molecule has 13 heteroatoms. The average Bonchev–Trinajstić information content (AvgIpc) is 3.22. The number of nitrogens with one attached hydrogen (secondary N) is 2. The van der Waals surface area contributed by atoms with Gasteiger partial charge in [-0.25, -0.2) is 9.79 Å². The molecule has 2 N–H and O–H groups in total. The number of amides is 2. The lowest BCUT2D eigenvalue weighted by atomic mass is 10.0. The van der Waals surface area contributed by atoms with Crippen molar-refractivity contribution in [1.29, 1.82) is 0 Å². The summed E-state index contributed by atoms with van der Waals surface area (Å²) in [7, 11) is 3.57. The van der Waals surface area contributed by atoms with Crippen molar-refractivity contribution in [2.75, 3.05) is 27.2 Å². The molecule has 0 saturated carbocycles. The first-order valence-electron chi connectivity index (χ1n) is 12.7. The van der Waals surface area contributed by atoms with Crippen LogP contribution in [-0.2, 0) is 14.3 Å². The van der Waals surface area contributed by atoms with E-state index in [0.717, 1.165) is 6.42 Å². The van der Waals surface area contributed by atoms with E-state index in [-0.39, 0.29) is 24.4 Å². The van der Waals surface area contributed by atoms with Crippen LogP contribution in [0.25, 0.3) is 6.08 Å². The Morgan fingerprint density at radius 3 is 2.45 bits per heavy atom. The molecule has 1 fully saturated rings. The van der Waals surface area contributed by atoms with Crippen molar-refractivity contribution in [1.82, 2.24) is 25.1 Å². The Morgan fingerprint density at radius 1 is 1.21 bits per heavy atom. The molecule has 38 heavy (non-hydrogen) atoms. The first kappa shape index (κ1) is 31.0. The van der Waals surface area contributed by atoms with Crippen molar-refractivity contribution in [2.45, 2.75) is 70.9 Å². The Kier molecular flexibility index (Phi) is 11.9. The SMILES string of the molecule is CCC1OC(n2cc(/C=C/C(=O)NCCCCCCNC(=O)C(F)(F)F)c(N=CN(C)C)nc2=O)CC1C. The molecule has 1 aromatic rings. The lowest BCUT2D eigenvalue weighted by Crippen LogP contribution is -2.37. The maximum Gasteiger partial charge on any atom is 0.471 e. The number of halogens is 3. The van der Waals surface area contributed by atoms with E-state index in [1.807, 2.05) is 12.2 Å². The molecule has 2 amide bonds. The molecule has 3 unspecified atom stereocenters. The highest BCUT2D eigenvalue weighted by atomic mass is 19.4.